The summed E-state index contributed by atoms with van der Waals surface area (Å²) in [6, 6.07) is 3.99. The Kier molecular flexibility index (Phi) is 15.4. The van der Waals surface area contributed by atoms with Crippen LogP contribution in [0.2, 0.25) is 0 Å². The van der Waals surface area contributed by atoms with Gasteiger partial charge in [0.2, 0.25) is 0 Å². The van der Waals surface area contributed by atoms with Crippen LogP contribution in [0.5, 0.6) is 11.5 Å². The van der Waals surface area contributed by atoms with E-state index in [9.17, 15) is 51.2 Å². The van der Waals surface area contributed by atoms with Gasteiger partial charge in [0.1, 0.15) is 15.8 Å². The molecule has 0 aliphatic rings. The van der Waals surface area contributed by atoms with Gasteiger partial charge in [-0.1, -0.05) is 23.6 Å². The average Bonchev–Trinajstić information content (AvgIpc) is 2.70. The largest absolute Gasteiger partial charge is 2.00 e. The molecular formula is C18H8N3Na3NiO11S2. The minimum absolute atomic E-state index is 0. The van der Waals surface area contributed by atoms with Gasteiger partial charge in [-0.05, 0) is 41.1 Å². The molecule has 0 atom stereocenters. The van der Waals surface area contributed by atoms with E-state index in [-0.39, 0.29) is 117 Å². The van der Waals surface area contributed by atoms with Crippen molar-refractivity contribution in [3.8, 4) is 11.5 Å². The van der Waals surface area contributed by atoms with E-state index in [0.717, 1.165) is 18.2 Å². The number of fused-ring (bicyclic) bond motifs is 1. The molecule has 0 amide bonds. The number of carboxylic acid groups (broad SMARTS) is 1. The second-order valence-corrected chi connectivity index (χ2v) is 9.34. The zero-order valence-corrected chi connectivity index (χ0v) is 28.1. The molecular weight excluding hydrogens is 626 g/mol. The number of hydrogen-bond donors (Lipinski definition) is 2. The molecule has 38 heavy (non-hydrogen) atoms. The van der Waals surface area contributed by atoms with Crippen molar-refractivity contribution in [3.05, 3.63) is 47.5 Å². The van der Waals surface area contributed by atoms with Crippen molar-refractivity contribution < 1.29 is 156 Å². The third-order valence-electron chi connectivity index (χ3n) is 4.39. The number of rotatable bonds is 6. The average molecular weight is 634 g/mol. The molecule has 0 radical (unpaired) electrons. The van der Waals surface area contributed by atoms with E-state index < -0.39 is 81.3 Å². The predicted molar refractivity (Wildman–Crippen MR) is 102 cm³/mol. The quantitative estimate of drug-likeness (QED) is 0.0845. The van der Waals surface area contributed by atoms with Crippen molar-refractivity contribution >= 4 is 54.3 Å². The molecule has 0 heterocycles. The van der Waals surface area contributed by atoms with Crippen molar-refractivity contribution in [2.75, 3.05) is 0 Å². The summed E-state index contributed by atoms with van der Waals surface area (Å²) < 4.78 is 66.1. The van der Waals surface area contributed by atoms with E-state index in [2.05, 4.69) is 10.2 Å². The van der Waals surface area contributed by atoms with E-state index in [4.69, 9.17) is 5.41 Å². The maximum Gasteiger partial charge on any atom is 2.00 e. The minimum Gasteiger partial charge on any atom is -0.872 e. The summed E-state index contributed by atoms with van der Waals surface area (Å²) in [5, 5.41) is 61.1. The molecule has 14 nitrogen and oxygen atoms in total. The number of hydrogen-bond acceptors (Lipinski definition) is 13. The Morgan fingerprint density at radius 2 is 1.42 bits per heavy atom. The van der Waals surface area contributed by atoms with Crippen LogP contribution in [0.15, 0.2) is 56.4 Å². The fourth-order valence-electron chi connectivity index (χ4n) is 2.86. The molecule has 3 aromatic rings. The van der Waals surface area contributed by atoms with Gasteiger partial charge < -0.3 is 35.2 Å². The Hall–Kier alpha value is -0.626. The Morgan fingerprint density at radius 1 is 0.842 bits per heavy atom. The van der Waals surface area contributed by atoms with Gasteiger partial charge >= 0.3 is 105 Å². The molecule has 3 rings (SSSR count). The predicted octanol–water partition coefficient (Wildman–Crippen LogP) is -10.4. The first-order chi connectivity index (χ1) is 15.6. The van der Waals surface area contributed by atoms with Crippen LogP contribution in [0.25, 0.3) is 10.8 Å². The van der Waals surface area contributed by atoms with E-state index in [0.29, 0.717) is 12.1 Å². The van der Waals surface area contributed by atoms with E-state index >= 15 is 0 Å². The number of aromatic carboxylic acids is 1. The van der Waals surface area contributed by atoms with Crippen molar-refractivity contribution in [1.82, 2.24) is 0 Å². The molecule has 0 aromatic heterocycles. The molecule has 3 aromatic carbocycles. The third-order valence-corrected chi connectivity index (χ3v) is 6.04. The Morgan fingerprint density at radius 3 is 1.89 bits per heavy atom. The second-order valence-electron chi connectivity index (χ2n) is 6.54. The summed E-state index contributed by atoms with van der Waals surface area (Å²) in [5.41, 5.74) is -3.42. The van der Waals surface area contributed by atoms with E-state index in [1.165, 1.54) is 0 Å². The first kappa shape index (κ1) is 39.5. The topological polar surface area (TPSA) is 269 Å². The second kappa shape index (κ2) is 14.8. The van der Waals surface area contributed by atoms with Crippen LogP contribution in [-0.2, 0) is 36.7 Å². The Labute approximate surface area is 291 Å². The zero-order valence-electron chi connectivity index (χ0n) is 19.5. The number of carboxylic acids is 1. The number of nitrogens with one attached hydrogen (secondary N) is 1. The first-order valence-corrected chi connectivity index (χ1v) is 11.4. The number of nitrogens with zero attached hydrogens (tertiary/aromatic N) is 2. The molecule has 20 heteroatoms. The molecule has 186 valence electrons. The van der Waals surface area contributed by atoms with Gasteiger partial charge in [-0.2, -0.15) is 13.5 Å². The molecule has 0 bridgehead atoms. The van der Waals surface area contributed by atoms with Crippen LogP contribution in [0.4, 0.5) is 11.4 Å². The summed E-state index contributed by atoms with van der Waals surface area (Å²) in [7, 11) is -10.2. The molecule has 2 N–H and O–H groups in total. The van der Waals surface area contributed by atoms with E-state index in [1.54, 1.807) is 0 Å². The standard InChI is InChI=1S/C18H13N3O11S2.3Na.Ni/c19-17(24)10-2-1-9-11(3-8(6-14(9)22)34(30,31)32)15(10)21-20-13-5-7(33(27,28)29)4-12(16(13)23)18(25)26;;;;/h1-6,22-23H,(H2,19,24)(H,25,26)(H,27,28,29)(H,30,31,32);;;;/q;3*+1;+2/p-5. The number of benzene rings is 3. The summed E-state index contributed by atoms with van der Waals surface area (Å²) in [6.45, 7) is 0. The molecule has 0 spiro atoms. The molecule has 0 saturated heterocycles. The van der Waals surface area contributed by atoms with Gasteiger partial charge in [0.25, 0.3) is 10.1 Å². The van der Waals surface area contributed by atoms with Gasteiger partial charge in [-0.25, -0.2) is 8.42 Å². The summed E-state index contributed by atoms with van der Waals surface area (Å²) in [5.74, 6) is -5.88. The Bertz CT molecular complexity index is 1650. The van der Waals surface area contributed by atoms with Crippen LogP contribution in [-0.4, -0.2) is 37.8 Å². The first-order valence-electron chi connectivity index (χ1n) is 8.56. The molecule has 0 saturated carbocycles. The maximum absolute atomic E-state index is 12.3. The van der Waals surface area contributed by atoms with Gasteiger partial charge in [0, 0.05) is 10.9 Å². The van der Waals surface area contributed by atoms with E-state index in [1.807, 2.05) is 0 Å². The number of carbonyl (C=O) groups is 1. The summed E-state index contributed by atoms with van der Waals surface area (Å²) >= 11 is 0. The van der Waals surface area contributed by atoms with Crippen LogP contribution in [0.1, 0.15) is 15.9 Å². The van der Waals surface area contributed by atoms with Crippen LogP contribution in [0, 0.1) is 5.41 Å². The molecule has 0 aliphatic heterocycles. The third kappa shape index (κ3) is 8.68. The normalized spacial score (nSPS) is 11.0. The van der Waals surface area contributed by atoms with Crippen molar-refractivity contribution in [2.45, 2.75) is 9.79 Å². The Balaban J connectivity index is 0. The van der Waals surface area contributed by atoms with Gasteiger partial charge in [-0.3, -0.25) is 4.55 Å². The SMILES string of the molecule is N=C([O-])c1ccc2c([O-])cc(S(=O)(=O)O)cc2c1N=Nc1cc(S(=O)(=O)[O-])cc(C(=O)[O-])c1[O-].[Na+].[Na+].[Na+].[Ni+2]. The molecule has 0 aliphatic carbocycles. The number of carbonyl (C=O) groups excluding carboxylic acids is 1. The van der Waals surface area contributed by atoms with Crippen LogP contribution in [0.3, 0.4) is 0 Å². The smallest absolute Gasteiger partial charge is 0.872 e. The van der Waals surface area contributed by atoms with Crippen molar-refractivity contribution in [1.29, 1.82) is 5.41 Å². The van der Waals surface area contributed by atoms with Crippen molar-refractivity contribution in [2.24, 2.45) is 10.2 Å². The fraction of sp³-hybridized carbons (Fsp3) is 0. The summed E-state index contributed by atoms with van der Waals surface area (Å²) in [6.07, 6.45) is 0. The van der Waals surface area contributed by atoms with Gasteiger partial charge in [0.05, 0.1) is 21.4 Å². The summed E-state index contributed by atoms with van der Waals surface area (Å²) in [4.78, 5) is 9.10. The van der Waals surface area contributed by atoms with Gasteiger partial charge in [-0.15, -0.1) is 5.11 Å². The molecule has 0 unspecified atom stereocenters. The number of azo groups is 1. The maximum atomic E-state index is 12.3. The van der Waals surface area contributed by atoms with Crippen molar-refractivity contribution in [3.63, 3.8) is 0 Å². The minimum atomic E-state index is -5.27. The fourth-order valence-corrected chi connectivity index (χ4v) is 3.90. The monoisotopic (exact) mass is 633 g/mol. The molecule has 0 fully saturated rings. The zero-order chi connectivity index (χ0) is 25.6. The van der Waals surface area contributed by atoms with Gasteiger partial charge in [0.15, 0.2) is 0 Å². The van der Waals surface area contributed by atoms with Crippen LogP contribution >= 0.6 is 0 Å². The van der Waals surface area contributed by atoms with Crippen LogP contribution < -0.4 is 109 Å².